The van der Waals surface area contributed by atoms with E-state index in [1.165, 1.54) is 5.56 Å². The number of nitriles is 1. The smallest absolute Gasteiger partial charge is 0.0991 e. The van der Waals surface area contributed by atoms with Crippen molar-refractivity contribution in [2.24, 2.45) is 0 Å². The first-order valence-corrected chi connectivity index (χ1v) is 9.01. The van der Waals surface area contributed by atoms with Gasteiger partial charge >= 0.3 is 0 Å². The number of nitrogens with zero attached hydrogens (tertiary/aromatic N) is 5. The second-order valence-electron chi connectivity index (χ2n) is 6.78. The fourth-order valence-electron chi connectivity index (χ4n) is 3.59. The predicted octanol–water partition coefficient (Wildman–Crippen LogP) is 3.52. The quantitative estimate of drug-likeness (QED) is 0.727. The highest BCUT2D eigenvalue weighted by molar-refractivity contribution is 5.34. The lowest BCUT2D eigenvalue weighted by atomic mass is 9.88. The maximum absolute atomic E-state index is 9.08. The van der Waals surface area contributed by atoms with Crippen LogP contribution >= 0.6 is 0 Å². The van der Waals surface area contributed by atoms with Gasteiger partial charge in [0.25, 0.3) is 0 Å². The standard InChI is InChI=1S/C21H21N5/c22-14-17-5-4-6-19(13-17)18-9-11-25(12-10-18)15-20-16-26(24-23-20)21-7-2-1-3-8-21/h1-8,13,16,18H,9-12,15H2. The first-order chi connectivity index (χ1) is 12.8. The summed E-state index contributed by atoms with van der Waals surface area (Å²) in [5, 5.41) is 17.6. The van der Waals surface area contributed by atoms with E-state index < -0.39 is 0 Å². The molecular formula is C21H21N5. The first kappa shape index (κ1) is 16.5. The predicted molar refractivity (Wildman–Crippen MR) is 99.8 cm³/mol. The summed E-state index contributed by atoms with van der Waals surface area (Å²) < 4.78 is 1.83. The van der Waals surface area contributed by atoms with E-state index in [9.17, 15) is 0 Å². The van der Waals surface area contributed by atoms with Gasteiger partial charge in [-0.15, -0.1) is 5.10 Å². The van der Waals surface area contributed by atoms with E-state index in [1.807, 2.05) is 59.4 Å². The zero-order chi connectivity index (χ0) is 17.8. The number of aromatic nitrogens is 3. The molecule has 0 spiro atoms. The molecule has 1 aliphatic rings. The van der Waals surface area contributed by atoms with Gasteiger partial charge in [0.15, 0.2) is 0 Å². The van der Waals surface area contributed by atoms with E-state index in [1.54, 1.807) is 0 Å². The monoisotopic (exact) mass is 343 g/mol. The molecular weight excluding hydrogens is 322 g/mol. The van der Waals surface area contributed by atoms with Gasteiger partial charge in [-0.25, -0.2) is 4.68 Å². The van der Waals surface area contributed by atoms with Crippen molar-refractivity contribution in [3.63, 3.8) is 0 Å². The summed E-state index contributed by atoms with van der Waals surface area (Å²) in [5.41, 5.74) is 4.07. The van der Waals surface area contributed by atoms with Gasteiger partial charge < -0.3 is 0 Å². The number of hydrogen-bond acceptors (Lipinski definition) is 4. The summed E-state index contributed by atoms with van der Waals surface area (Å²) in [4.78, 5) is 2.43. The highest BCUT2D eigenvalue weighted by Crippen LogP contribution is 2.29. The minimum Gasteiger partial charge on any atom is -0.297 e. The fourth-order valence-corrected chi connectivity index (χ4v) is 3.59. The Balaban J connectivity index is 1.36. The van der Waals surface area contributed by atoms with Crippen molar-refractivity contribution >= 4 is 0 Å². The van der Waals surface area contributed by atoms with E-state index in [0.29, 0.717) is 5.92 Å². The minimum absolute atomic E-state index is 0.541. The third-order valence-electron chi connectivity index (χ3n) is 5.02. The van der Waals surface area contributed by atoms with Crippen LogP contribution in [0.3, 0.4) is 0 Å². The van der Waals surface area contributed by atoms with Gasteiger partial charge in [-0.1, -0.05) is 35.5 Å². The van der Waals surface area contributed by atoms with Crippen molar-refractivity contribution in [1.29, 1.82) is 5.26 Å². The molecule has 0 atom stereocenters. The molecule has 3 aromatic rings. The summed E-state index contributed by atoms with van der Waals surface area (Å²) in [6, 6.07) is 20.3. The van der Waals surface area contributed by atoms with Crippen LogP contribution in [0.2, 0.25) is 0 Å². The Hall–Kier alpha value is -2.97. The summed E-state index contributed by atoms with van der Waals surface area (Å²) in [5.74, 6) is 0.541. The lowest BCUT2D eigenvalue weighted by molar-refractivity contribution is 0.202. The Bertz CT molecular complexity index is 901. The van der Waals surface area contributed by atoms with Crippen LogP contribution in [0.1, 0.15) is 35.6 Å². The van der Waals surface area contributed by atoms with Gasteiger partial charge in [-0.2, -0.15) is 5.26 Å². The molecule has 0 radical (unpaired) electrons. The second kappa shape index (κ2) is 7.51. The van der Waals surface area contributed by atoms with Crippen LogP contribution < -0.4 is 0 Å². The molecule has 0 N–H and O–H groups in total. The molecule has 2 heterocycles. The van der Waals surface area contributed by atoms with E-state index >= 15 is 0 Å². The molecule has 5 nitrogen and oxygen atoms in total. The number of para-hydroxylation sites is 1. The van der Waals surface area contributed by atoms with Crippen LogP contribution in [0, 0.1) is 11.3 Å². The van der Waals surface area contributed by atoms with Crippen molar-refractivity contribution in [1.82, 2.24) is 19.9 Å². The lowest BCUT2D eigenvalue weighted by Gasteiger charge is -2.31. The van der Waals surface area contributed by atoms with Crippen LogP contribution in [-0.2, 0) is 6.54 Å². The number of hydrogen-bond donors (Lipinski definition) is 0. The summed E-state index contributed by atoms with van der Waals surface area (Å²) in [6.07, 6.45) is 4.24. The number of rotatable bonds is 4. The molecule has 1 aromatic heterocycles. The third kappa shape index (κ3) is 3.66. The Labute approximate surface area is 153 Å². The van der Waals surface area contributed by atoms with Gasteiger partial charge in [-0.3, -0.25) is 4.90 Å². The molecule has 1 fully saturated rings. The molecule has 0 unspecified atom stereocenters. The molecule has 26 heavy (non-hydrogen) atoms. The molecule has 2 aromatic carbocycles. The van der Waals surface area contributed by atoms with Crippen molar-refractivity contribution in [2.45, 2.75) is 25.3 Å². The fraction of sp³-hybridized carbons (Fsp3) is 0.286. The maximum atomic E-state index is 9.08. The first-order valence-electron chi connectivity index (χ1n) is 9.01. The summed E-state index contributed by atoms with van der Waals surface area (Å²) in [6.45, 7) is 2.91. The van der Waals surface area contributed by atoms with Gasteiger partial charge in [0.05, 0.1) is 29.2 Å². The Morgan fingerprint density at radius 2 is 1.85 bits per heavy atom. The molecule has 0 saturated carbocycles. The summed E-state index contributed by atoms with van der Waals surface area (Å²) >= 11 is 0. The Kier molecular flexibility index (Phi) is 4.76. The highest BCUT2D eigenvalue weighted by atomic mass is 15.4. The van der Waals surface area contributed by atoms with Crippen molar-refractivity contribution < 1.29 is 0 Å². The molecule has 5 heteroatoms. The normalized spacial score (nSPS) is 15.7. The lowest BCUT2D eigenvalue weighted by Crippen LogP contribution is -2.32. The Morgan fingerprint density at radius 3 is 2.62 bits per heavy atom. The van der Waals surface area contributed by atoms with Crippen LogP contribution in [0.15, 0.2) is 60.8 Å². The summed E-state index contributed by atoms with van der Waals surface area (Å²) in [7, 11) is 0. The molecule has 0 aliphatic carbocycles. The van der Waals surface area contributed by atoms with E-state index in [-0.39, 0.29) is 0 Å². The van der Waals surface area contributed by atoms with Crippen LogP contribution in [0.25, 0.3) is 5.69 Å². The number of benzene rings is 2. The van der Waals surface area contributed by atoms with Crippen LogP contribution in [0.4, 0.5) is 0 Å². The van der Waals surface area contributed by atoms with Crippen LogP contribution in [-0.4, -0.2) is 33.0 Å². The number of piperidine rings is 1. The molecule has 1 saturated heterocycles. The van der Waals surface area contributed by atoms with Crippen molar-refractivity contribution in [3.8, 4) is 11.8 Å². The SMILES string of the molecule is N#Cc1cccc(C2CCN(Cc3cn(-c4ccccc4)nn3)CC2)c1. The highest BCUT2D eigenvalue weighted by Gasteiger charge is 2.21. The maximum Gasteiger partial charge on any atom is 0.0991 e. The number of likely N-dealkylation sites (tertiary alicyclic amines) is 1. The molecule has 130 valence electrons. The van der Waals surface area contributed by atoms with Gasteiger partial charge in [0.2, 0.25) is 0 Å². The Morgan fingerprint density at radius 1 is 1.04 bits per heavy atom. The average Bonchev–Trinajstić information content (AvgIpc) is 3.18. The van der Waals surface area contributed by atoms with E-state index in [4.69, 9.17) is 5.26 Å². The zero-order valence-electron chi connectivity index (χ0n) is 14.6. The topological polar surface area (TPSA) is 57.7 Å². The average molecular weight is 343 g/mol. The van der Waals surface area contributed by atoms with Crippen LogP contribution in [0.5, 0.6) is 0 Å². The largest absolute Gasteiger partial charge is 0.297 e. The van der Waals surface area contributed by atoms with Crippen molar-refractivity contribution in [2.75, 3.05) is 13.1 Å². The molecule has 0 bridgehead atoms. The van der Waals surface area contributed by atoms with Gasteiger partial charge in [0, 0.05) is 6.54 Å². The zero-order valence-corrected chi connectivity index (χ0v) is 14.6. The van der Waals surface area contributed by atoms with E-state index in [0.717, 1.165) is 49.4 Å². The third-order valence-corrected chi connectivity index (χ3v) is 5.02. The molecule has 0 amide bonds. The molecule has 1 aliphatic heterocycles. The second-order valence-corrected chi connectivity index (χ2v) is 6.78. The van der Waals surface area contributed by atoms with Gasteiger partial charge in [0.1, 0.15) is 0 Å². The van der Waals surface area contributed by atoms with E-state index in [2.05, 4.69) is 27.3 Å². The van der Waals surface area contributed by atoms with Crippen molar-refractivity contribution in [3.05, 3.63) is 77.6 Å². The van der Waals surface area contributed by atoms with Gasteiger partial charge in [-0.05, 0) is 61.7 Å². The molecule has 4 rings (SSSR count). The minimum atomic E-state index is 0.541.